The van der Waals surface area contributed by atoms with Gasteiger partial charge >= 0.3 is 0 Å². The van der Waals surface area contributed by atoms with Crippen LogP contribution in [0.25, 0.3) is 82.7 Å². The van der Waals surface area contributed by atoms with Crippen LogP contribution in [0.1, 0.15) is 0 Å². The Kier molecular flexibility index (Phi) is 7.14. The lowest BCUT2D eigenvalue weighted by Gasteiger charge is -2.26. The third-order valence-electron chi connectivity index (χ3n) is 10.8. The third kappa shape index (κ3) is 5.26. The van der Waals surface area contributed by atoms with Crippen LogP contribution in [-0.4, -0.2) is 9.55 Å². The molecule has 55 heavy (non-hydrogen) atoms. The summed E-state index contributed by atoms with van der Waals surface area (Å²) in [5.41, 5.74) is 11.7. The molecule has 0 amide bonds. The van der Waals surface area contributed by atoms with E-state index in [9.17, 15) is 0 Å². The Hall–Kier alpha value is -7.43. The summed E-state index contributed by atoms with van der Waals surface area (Å²) >= 11 is 0. The first-order chi connectivity index (χ1) is 27.2. The van der Waals surface area contributed by atoms with Crippen molar-refractivity contribution in [2.24, 2.45) is 0 Å². The van der Waals surface area contributed by atoms with Gasteiger partial charge in [0, 0.05) is 44.5 Å². The maximum atomic E-state index is 6.24. The van der Waals surface area contributed by atoms with E-state index in [0.29, 0.717) is 5.89 Å². The van der Waals surface area contributed by atoms with E-state index in [-0.39, 0.29) is 0 Å². The van der Waals surface area contributed by atoms with Crippen LogP contribution in [0.2, 0.25) is 0 Å². The van der Waals surface area contributed by atoms with Gasteiger partial charge in [0.15, 0.2) is 5.58 Å². The molecule has 0 aliphatic carbocycles. The molecule has 258 valence electrons. The first-order valence-electron chi connectivity index (χ1n) is 18.6. The van der Waals surface area contributed by atoms with Crippen LogP contribution >= 0.6 is 0 Å². The maximum absolute atomic E-state index is 6.24. The highest BCUT2D eigenvalue weighted by Gasteiger charge is 2.19. The van der Waals surface area contributed by atoms with E-state index < -0.39 is 0 Å². The Bertz CT molecular complexity index is 3200. The van der Waals surface area contributed by atoms with Gasteiger partial charge in [-0.3, -0.25) is 0 Å². The van der Waals surface area contributed by atoms with E-state index in [1.165, 1.54) is 43.7 Å². The normalized spacial score (nSPS) is 11.6. The molecule has 0 aliphatic heterocycles. The van der Waals surface area contributed by atoms with Gasteiger partial charge in [-0.25, -0.2) is 4.98 Å². The van der Waals surface area contributed by atoms with E-state index in [4.69, 9.17) is 9.40 Å². The van der Waals surface area contributed by atoms with Crippen molar-refractivity contribution >= 4 is 71.5 Å². The van der Waals surface area contributed by atoms with E-state index >= 15 is 0 Å². The first-order valence-corrected chi connectivity index (χ1v) is 18.6. The second-order valence-corrected chi connectivity index (χ2v) is 14.0. The molecule has 0 aliphatic rings. The van der Waals surface area contributed by atoms with Crippen LogP contribution in [0, 0.1) is 0 Å². The van der Waals surface area contributed by atoms with Crippen LogP contribution in [0.5, 0.6) is 0 Å². The summed E-state index contributed by atoms with van der Waals surface area (Å²) in [6.07, 6.45) is 0. The highest BCUT2D eigenvalue weighted by Crippen LogP contribution is 2.42. The van der Waals surface area contributed by atoms with E-state index in [1.807, 2.05) is 36.4 Å². The van der Waals surface area contributed by atoms with Gasteiger partial charge in [-0.1, -0.05) is 109 Å². The molecule has 0 atom stereocenters. The van der Waals surface area contributed by atoms with Crippen molar-refractivity contribution in [3.05, 3.63) is 200 Å². The second-order valence-electron chi connectivity index (χ2n) is 14.0. The minimum Gasteiger partial charge on any atom is -0.436 e. The standard InChI is InChI=1S/C51H33N3O/c1-3-12-36(13-4-1)51-52-50-44-28-26-42(32-39(44)23-30-49(50)55-51)53(41-24-21-35(22-25-41)38-20-19-34-11-7-8-14-37(34)31-38)43-27-29-48-46(33-43)45-17-9-10-18-47(45)54(48)40-15-5-2-6-16-40/h1-33H. The fraction of sp³-hybridized carbons (Fsp3) is 0. The number of anilines is 3. The Morgan fingerprint density at radius 1 is 0.400 bits per heavy atom. The van der Waals surface area contributed by atoms with Gasteiger partial charge in [-0.15, -0.1) is 0 Å². The van der Waals surface area contributed by atoms with Crippen LogP contribution in [0.15, 0.2) is 205 Å². The number of nitrogens with zero attached hydrogens (tertiary/aromatic N) is 3. The summed E-state index contributed by atoms with van der Waals surface area (Å²) in [5, 5.41) is 7.05. The molecule has 11 aromatic rings. The van der Waals surface area contributed by atoms with Crippen molar-refractivity contribution in [2.75, 3.05) is 4.90 Å². The minimum absolute atomic E-state index is 0.628. The van der Waals surface area contributed by atoms with Crippen molar-refractivity contribution in [1.82, 2.24) is 9.55 Å². The minimum atomic E-state index is 0.628. The van der Waals surface area contributed by atoms with E-state index in [2.05, 4.69) is 173 Å². The van der Waals surface area contributed by atoms with Crippen molar-refractivity contribution in [2.45, 2.75) is 0 Å². The fourth-order valence-corrected chi connectivity index (χ4v) is 8.12. The lowest BCUT2D eigenvalue weighted by Crippen LogP contribution is -2.10. The molecule has 0 bridgehead atoms. The fourth-order valence-electron chi connectivity index (χ4n) is 8.12. The molecule has 4 nitrogen and oxygen atoms in total. The van der Waals surface area contributed by atoms with Gasteiger partial charge in [0.25, 0.3) is 0 Å². The van der Waals surface area contributed by atoms with Gasteiger partial charge in [-0.2, -0.15) is 0 Å². The second kappa shape index (κ2) is 12.6. The molecule has 0 saturated carbocycles. The molecule has 2 aromatic heterocycles. The zero-order chi connectivity index (χ0) is 36.3. The SMILES string of the molecule is c1ccc(-c2nc3c(ccc4cc(N(c5ccc(-c6ccc7ccccc7c6)cc5)c5ccc6c(c5)c5ccccc5n6-c5ccccc5)ccc43)o2)cc1. The predicted octanol–water partition coefficient (Wildman–Crippen LogP) is 14.0. The maximum Gasteiger partial charge on any atom is 0.227 e. The Morgan fingerprint density at radius 3 is 1.91 bits per heavy atom. The van der Waals surface area contributed by atoms with Crippen LogP contribution in [0.4, 0.5) is 17.1 Å². The van der Waals surface area contributed by atoms with Gasteiger partial charge in [-0.05, 0) is 118 Å². The quantitative estimate of drug-likeness (QED) is 0.173. The molecular formula is C51H33N3O. The van der Waals surface area contributed by atoms with Gasteiger partial charge < -0.3 is 13.9 Å². The van der Waals surface area contributed by atoms with Crippen LogP contribution in [-0.2, 0) is 0 Å². The molecule has 0 N–H and O–H groups in total. The Labute approximate surface area is 317 Å². The monoisotopic (exact) mass is 703 g/mol. The molecular weight excluding hydrogens is 671 g/mol. The van der Waals surface area contributed by atoms with Crippen molar-refractivity contribution < 1.29 is 4.42 Å². The molecule has 11 rings (SSSR count). The Morgan fingerprint density at radius 2 is 1.05 bits per heavy atom. The van der Waals surface area contributed by atoms with E-state index in [1.54, 1.807) is 0 Å². The number of aromatic nitrogens is 2. The topological polar surface area (TPSA) is 34.2 Å². The average molecular weight is 704 g/mol. The third-order valence-corrected chi connectivity index (χ3v) is 10.8. The van der Waals surface area contributed by atoms with Crippen LogP contribution < -0.4 is 4.90 Å². The van der Waals surface area contributed by atoms with Gasteiger partial charge in [0.05, 0.1) is 11.0 Å². The molecule has 0 spiro atoms. The Balaban J connectivity index is 1.08. The number of hydrogen-bond acceptors (Lipinski definition) is 3. The number of fused-ring (bicyclic) bond motifs is 7. The van der Waals surface area contributed by atoms with Gasteiger partial charge in [0.2, 0.25) is 5.89 Å². The first kappa shape index (κ1) is 31.1. The summed E-state index contributed by atoms with van der Waals surface area (Å²) in [4.78, 5) is 7.33. The number of hydrogen-bond donors (Lipinski definition) is 0. The lowest BCUT2D eigenvalue weighted by atomic mass is 10.0. The smallest absolute Gasteiger partial charge is 0.227 e. The number of oxazole rings is 1. The van der Waals surface area contributed by atoms with Crippen LogP contribution in [0.3, 0.4) is 0 Å². The molecule has 0 saturated heterocycles. The zero-order valence-electron chi connectivity index (χ0n) is 29.8. The van der Waals surface area contributed by atoms with Crippen molar-refractivity contribution in [1.29, 1.82) is 0 Å². The highest BCUT2D eigenvalue weighted by atomic mass is 16.3. The molecule has 0 fully saturated rings. The predicted molar refractivity (Wildman–Crippen MR) is 229 cm³/mol. The summed E-state index contributed by atoms with van der Waals surface area (Å²) < 4.78 is 8.60. The molecule has 0 radical (unpaired) electrons. The summed E-state index contributed by atoms with van der Waals surface area (Å²) in [7, 11) is 0. The molecule has 2 heterocycles. The van der Waals surface area contributed by atoms with Crippen molar-refractivity contribution in [3.63, 3.8) is 0 Å². The molecule has 9 aromatic carbocycles. The lowest BCUT2D eigenvalue weighted by molar-refractivity contribution is 0.620. The highest BCUT2D eigenvalue weighted by molar-refractivity contribution is 6.11. The number of para-hydroxylation sites is 2. The van der Waals surface area contributed by atoms with Crippen molar-refractivity contribution in [3.8, 4) is 28.3 Å². The molecule has 0 unspecified atom stereocenters. The van der Waals surface area contributed by atoms with E-state index in [0.717, 1.165) is 50.2 Å². The summed E-state index contributed by atoms with van der Waals surface area (Å²) in [6, 6.07) is 71.2. The summed E-state index contributed by atoms with van der Waals surface area (Å²) in [5.74, 6) is 0.628. The zero-order valence-corrected chi connectivity index (χ0v) is 29.8. The largest absolute Gasteiger partial charge is 0.436 e. The number of rotatable bonds is 6. The number of benzene rings is 9. The summed E-state index contributed by atoms with van der Waals surface area (Å²) in [6.45, 7) is 0. The average Bonchev–Trinajstić information content (AvgIpc) is 3.84. The van der Waals surface area contributed by atoms with Gasteiger partial charge in [0.1, 0.15) is 5.52 Å². The molecule has 4 heteroatoms.